The lowest BCUT2D eigenvalue weighted by Crippen LogP contribution is -2.34. The van der Waals surface area contributed by atoms with Crippen LogP contribution in [0, 0.1) is 12.7 Å². The van der Waals surface area contributed by atoms with E-state index in [9.17, 15) is 18.8 Å². The van der Waals surface area contributed by atoms with Gasteiger partial charge in [-0.3, -0.25) is 14.4 Å². The van der Waals surface area contributed by atoms with E-state index in [4.69, 9.17) is 0 Å². The molecule has 2 aromatic rings. The van der Waals surface area contributed by atoms with Crippen molar-refractivity contribution in [1.29, 1.82) is 0 Å². The molecule has 0 unspecified atom stereocenters. The van der Waals surface area contributed by atoms with Crippen molar-refractivity contribution in [2.75, 3.05) is 18.9 Å². The van der Waals surface area contributed by atoms with Crippen molar-refractivity contribution in [3.05, 3.63) is 65.0 Å². The van der Waals surface area contributed by atoms with Crippen LogP contribution in [0.1, 0.15) is 21.5 Å². The van der Waals surface area contributed by atoms with Crippen LogP contribution in [0.2, 0.25) is 0 Å². The number of hydrogen-bond acceptors (Lipinski definition) is 3. The van der Waals surface area contributed by atoms with Crippen molar-refractivity contribution in [2.45, 2.75) is 13.3 Å². The lowest BCUT2D eigenvalue weighted by molar-refractivity contribution is -0.123. The zero-order chi connectivity index (χ0) is 19.1. The predicted octanol–water partition coefficient (Wildman–Crippen LogP) is 1.79. The van der Waals surface area contributed by atoms with Gasteiger partial charge in [0.2, 0.25) is 11.8 Å². The summed E-state index contributed by atoms with van der Waals surface area (Å²) in [6, 6.07) is 10.8. The van der Waals surface area contributed by atoms with Crippen molar-refractivity contribution in [2.24, 2.45) is 0 Å². The Morgan fingerprint density at radius 3 is 2.46 bits per heavy atom. The minimum atomic E-state index is -0.464. The van der Waals surface area contributed by atoms with Gasteiger partial charge in [-0.15, -0.1) is 0 Å². The summed E-state index contributed by atoms with van der Waals surface area (Å²) in [7, 11) is 1.51. The number of carbonyl (C=O) groups is 3. The fraction of sp³-hybridized carbons (Fsp3) is 0.211. The van der Waals surface area contributed by atoms with Gasteiger partial charge < -0.3 is 16.0 Å². The standard InChI is InChI=1S/C19H20FN3O3/c1-12-5-3-8-15(18(12)19(26)21-2)23-17(25)11-22-16(24)10-13-6-4-7-14(20)9-13/h3-9H,10-11H2,1-2H3,(H,21,26)(H,22,24)(H,23,25). The molecule has 0 aliphatic carbocycles. The van der Waals surface area contributed by atoms with Crippen LogP contribution in [0.25, 0.3) is 0 Å². The van der Waals surface area contributed by atoms with Crippen molar-refractivity contribution < 1.29 is 18.8 Å². The van der Waals surface area contributed by atoms with Crippen molar-refractivity contribution >= 4 is 23.4 Å². The molecule has 0 aromatic heterocycles. The van der Waals surface area contributed by atoms with E-state index in [2.05, 4.69) is 16.0 Å². The molecule has 0 saturated carbocycles. The summed E-state index contributed by atoms with van der Waals surface area (Å²) >= 11 is 0. The maximum atomic E-state index is 13.1. The van der Waals surface area contributed by atoms with Gasteiger partial charge in [0.15, 0.2) is 0 Å². The van der Waals surface area contributed by atoms with Crippen molar-refractivity contribution in [3.8, 4) is 0 Å². The molecule has 26 heavy (non-hydrogen) atoms. The molecule has 0 radical (unpaired) electrons. The molecule has 0 atom stereocenters. The number of carbonyl (C=O) groups excluding carboxylic acids is 3. The lowest BCUT2D eigenvalue weighted by Gasteiger charge is -2.13. The molecule has 0 aliphatic rings. The quantitative estimate of drug-likeness (QED) is 0.737. The Hall–Kier alpha value is -3.22. The SMILES string of the molecule is CNC(=O)c1c(C)cccc1NC(=O)CNC(=O)Cc1cccc(F)c1. The molecule has 0 bridgehead atoms. The number of rotatable bonds is 6. The molecule has 0 aliphatic heterocycles. The summed E-state index contributed by atoms with van der Waals surface area (Å²) in [4.78, 5) is 35.9. The van der Waals surface area contributed by atoms with Crippen LogP contribution >= 0.6 is 0 Å². The van der Waals surface area contributed by atoms with Crippen LogP contribution in [0.15, 0.2) is 42.5 Å². The number of amides is 3. The third-order valence-corrected chi connectivity index (χ3v) is 3.70. The van der Waals surface area contributed by atoms with Gasteiger partial charge in [0.05, 0.1) is 24.2 Å². The monoisotopic (exact) mass is 357 g/mol. The zero-order valence-corrected chi connectivity index (χ0v) is 14.6. The Labute approximate surface area is 150 Å². The molecule has 0 spiro atoms. The smallest absolute Gasteiger partial charge is 0.253 e. The molecular formula is C19H20FN3O3. The fourth-order valence-electron chi connectivity index (χ4n) is 2.47. The van der Waals surface area contributed by atoms with E-state index in [1.165, 1.54) is 25.2 Å². The van der Waals surface area contributed by atoms with Crippen LogP contribution < -0.4 is 16.0 Å². The first-order chi connectivity index (χ1) is 12.4. The second-order valence-corrected chi connectivity index (χ2v) is 5.71. The van der Waals surface area contributed by atoms with Gasteiger partial charge in [0.25, 0.3) is 5.91 Å². The highest BCUT2D eigenvalue weighted by molar-refractivity contribution is 6.05. The average molecular weight is 357 g/mol. The molecule has 6 nitrogen and oxygen atoms in total. The van der Waals surface area contributed by atoms with Gasteiger partial charge in [-0.1, -0.05) is 24.3 Å². The topological polar surface area (TPSA) is 87.3 Å². The molecule has 3 N–H and O–H groups in total. The van der Waals surface area contributed by atoms with Crippen LogP contribution in [0.5, 0.6) is 0 Å². The number of anilines is 1. The number of nitrogens with one attached hydrogen (secondary N) is 3. The van der Waals surface area contributed by atoms with Gasteiger partial charge in [-0.05, 0) is 36.2 Å². The molecular weight excluding hydrogens is 337 g/mol. The summed E-state index contributed by atoms with van der Waals surface area (Å²) in [5, 5.41) is 7.62. The van der Waals surface area contributed by atoms with Gasteiger partial charge >= 0.3 is 0 Å². The first-order valence-electron chi connectivity index (χ1n) is 8.03. The third-order valence-electron chi connectivity index (χ3n) is 3.70. The van der Waals surface area contributed by atoms with E-state index < -0.39 is 17.6 Å². The number of halogens is 1. The molecule has 0 fully saturated rings. The Morgan fingerprint density at radius 1 is 1.04 bits per heavy atom. The molecule has 2 aromatic carbocycles. The average Bonchev–Trinajstić information content (AvgIpc) is 2.59. The number of benzene rings is 2. The summed E-state index contributed by atoms with van der Waals surface area (Å²) in [6.07, 6.45) is -0.0288. The molecule has 7 heteroatoms. The normalized spacial score (nSPS) is 10.1. The van der Waals surface area contributed by atoms with E-state index in [0.29, 0.717) is 16.8 Å². The number of aryl methyl sites for hydroxylation is 1. The Bertz CT molecular complexity index is 837. The van der Waals surface area contributed by atoms with Crippen LogP contribution in [0.4, 0.5) is 10.1 Å². The minimum Gasteiger partial charge on any atom is -0.355 e. The minimum absolute atomic E-state index is 0.0288. The Balaban J connectivity index is 1.94. The Morgan fingerprint density at radius 2 is 1.77 bits per heavy atom. The van der Waals surface area contributed by atoms with Crippen LogP contribution in [-0.2, 0) is 16.0 Å². The highest BCUT2D eigenvalue weighted by Crippen LogP contribution is 2.19. The summed E-state index contributed by atoms with van der Waals surface area (Å²) in [5.74, 6) is -1.60. The van der Waals surface area contributed by atoms with E-state index in [1.807, 2.05) is 0 Å². The zero-order valence-electron chi connectivity index (χ0n) is 14.6. The van der Waals surface area contributed by atoms with Crippen molar-refractivity contribution in [3.63, 3.8) is 0 Å². The van der Waals surface area contributed by atoms with Gasteiger partial charge in [-0.2, -0.15) is 0 Å². The highest BCUT2D eigenvalue weighted by atomic mass is 19.1. The molecule has 0 saturated heterocycles. The van der Waals surface area contributed by atoms with E-state index in [0.717, 1.165) is 5.56 Å². The first kappa shape index (κ1) is 19.1. The summed E-state index contributed by atoms with van der Waals surface area (Å²) in [6.45, 7) is 1.51. The van der Waals surface area contributed by atoms with E-state index in [1.54, 1.807) is 31.2 Å². The summed E-state index contributed by atoms with van der Waals surface area (Å²) in [5.41, 5.74) is 1.98. The predicted molar refractivity (Wildman–Crippen MR) is 96.3 cm³/mol. The van der Waals surface area contributed by atoms with Crippen molar-refractivity contribution in [1.82, 2.24) is 10.6 Å². The van der Waals surface area contributed by atoms with E-state index in [-0.39, 0.29) is 18.9 Å². The molecule has 2 rings (SSSR count). The highest BCUT2D eigenvalue weighted by Gasteiger charge is 2.15. The van der Waals surface area contributed by atoms with Crippen LogP contribution in [-0.4, -0.2) is 31.3 Å². The molecule has 136 valence electrons. The Kier molecular flexibility index (Phi) is 6.43. The third kappa shape index (κ3) is 5.14. The number of hydrogen-bond donors (Lipinski definition) is 3. The first-order valence-corrected chi connectivity index (χ1v) is 8.03. The maximum Gasteiger partial charge on any atom is 0.253 e. The second-order valence-electron chi connectivity index (χ2n) is 5.71. The van der Waals surface area contributed by atoms with Gasteiger partial charge in [-0.25, -0.2) is 4.39 Å². The molecule has 3 amide bonds. The maximum absolute atomic E-state index is 13.1. The van der Waals surface area contributed by atoms with Gasteiger partial charge in [0.1, 0.15) is 5.82 Å². The largest absolute Gasteiger partial charge is 0.355 e. The van der Waals surface area contributed by atoms with Gasteiger partial charge in [0, 0.05) is 7.05 Å². The molecule has 0 heterocycles. The second kappa shape index (κ2) is 8.75. The van der Waals surface area contributed by atoms with Crippen LogP contribution in [0.3, 0.4) is 0 Å². The lowest BCUT2D eigenvalue weighted by atomic mass is 10.1. The fourth-order valence-corrected chi connectivity index (χ4v) is 2.47. The van der Waals surface area contributed by atoms with E-state index >= 15 is 0 Å². The summed E-state index contributed by atoms with van der Waals surface area (Å²) < 4.78 is 13.1.